The lowest BCUT2D eigenvalue weighted by atomic mass is 9.77. The monoisotopic (exact) mass is 559 g/mol. The molecule has 0 aromatic heterocycles. The van der Waals surface area contributed by atoms with Crippen LogP contribution in [0.5, 0.6) is 0 Å². The fraction of sp³-hybridized carbons (Fsp3) is 0.344. The van der Waals surface area contributed by atoms with Gasteiger partial charge >= 0.3 is 5.97 Å². The Kier molecular flexibility index (Phi) is 8.82. The van der Waals surface area contributed by atoms with Crippen molar-refractivity contribution >= 4 is 35.1 Å². The van der Waals surface area contributed by atoms with Crippen LogP contribution in [0.2, 0.25) is 5.02 Å². The first-order chi connectivity index (χ1) is 19.4. The molecule has 1 aliphatic heterocycles. The Hall–Kier alpha value is -3.68. The smallest absolute Gasteiger partial charge is 0.337 e. The molecule has 1 heterocycles. The highest BCUT2D eigenvalue weighted by Gasteiger charge is 2.39. The van der Waals surface area contributed by atoms with Crippen LogP contribution in [0.4, 0.5) is 5.69 Å². The summed E-state index contributed by atoms with van der Waals surface area (Å²) < 4.78 is 0. The van der Waals surface area contributed by atoms with Crippen LogP contribution in [0.15, 0.2) is 78.9 Å². The summed E-state index contributed by atoms with van der Waals surface area (Å²) in [6.45, 7) is 2.66. The van der Waals surface area contributed by atoms with Crippen molar-refractivity contribution in [3.8, 4) is 0 Å². The van der Waals surface area contributed by atoms with Crippen molar-refractivity contribution in [3.05, 3.63) is 101 Å². The third-order valence-electron chi connectivity index (χ3n) is 8.11. The van der Waals surface area contributed by atoms with Crippen LogP contribution in [-0.2, 0) is 9.59 Å². The number of amides is 2. The van der Waals surface area contributed by atoms with Crippen molar-refractivity contribution in [1.29, 1.82) is 0 Å². The summed E-state index contributed by atoms with van der Waals surface area (Å²) in [5, 5.41) is 12.6. The van der Waals surface area contributed by atoms with E-state index < -0.39 is 17.8 Å². The lowest BCUT2D eigenvalue weighted by Crippen LogP contribution is -2.53. The molecule has 208 valence electrons. The molecule has 2 fully saturated rings. The summed E-state index contributed by atoms with van der Waals surface area (Å²) in [5.41, 5.74) is 2.57. The van der Waals surface area contributed by atoms with Crippen molar-refractivity contribution in [1.82, 2.24) is 9.80 Å². The van der Waals surface area contributed by atoms with Gasteiger partial charge in [0.25, 0.3) is 0 Å². The Morgan fingerprint density at radius 3 is 1.95 bits per heavy atom. The summed E-state index contributed by atoms with van der Waals surface area (Å²) in [4.78, 5) is 43.2. The number of nitrogens with one attached hydrogen (secondary N) is 1. The molecule has 0 unspecified atom stereocenters. The van der Waals surface area contributed by atoms with Gasteiger partial charge in [0.05, 0.1) is 17.3 Å². The van der Waals surface area contributed by atoms with Crippen molar-refractivity contribution in [2.75, 3.05) is 31.5 Å². The van der Waals surface area contributed by atoms with Crippen LogP contribution in [0.1, 0.15) is 53.2 Å². The highest BCUT2D eigenvalue weighted by molar-refractivity contribution is 6.31. The molecule has 0 spiro atoms. The quantitative estimate of drug-likeness (QED) is 0.386. The van der Waals surface area contributed by atoms with E-state index in [-0.39, 0.29) is 34.1 Å². The number of carbonyl (C=O) groups is 3. The zero-order chi connectivity index (χ0) is 28.1. The number of halogens is 1. The van der Waals surface area contributed by atoms with E-state index in [9.17, 15) is 19.5 Å². The van der Waals surface area contributed by atoms with E-state index in [1.807, 2.05) is 17.0 Å². The van der Waals surface area contributed by atoms with Crippen LogP contribution < -0.4 is 5.32 Å². The Balaban J connectivity index is 1.27. The second-order valence-electron chi connectivity index (χ2n) is 10.6. The van der Waals surface area contributed by atoms with Crippen LogP contribution >= 0.6 is 11.6 Å². The van der Waals surface area contributed by atoms with Crippen LogP contribution in [0.25, 0.3) is 0 Å². The zero-order valence-corrected chi connectivity index (χ0v) is 23.1. The predicted molar refractivity (Wildman–Crippen MR) is 155 cm³/mol. The predicted octanol–water partition coefficient (Wildman–Crippen LogP) is 5.72. The maximum Gasteiger partial charge on any atom is 0.337 e. The molecule has 1 saturated carbocycles. The maximum atomic E-state index is 13.8. The Labute approximate surface area is 239 Å². The lowest BCUT2D eigenvalue weighted by molar-refractivity contribution is -0.144. The summed E-state index contributed by atoms with van der Waals surface area (Å²) >= 11 is 5.97. The summed E-state index contributed by atoms with van der Waals surface area (Å²) in [6, 6.07) is 25.3. The van der Waals surface area contributed by atoms with Gasteiger partial charge in [-0.2, -0.15) is 0 Å². The average Bonchev–Trinajstić information content (AvgIpc) is 2.99. The van der Waals surface area contributed by atoms with Gasteiger partial charge in [0, 0.05) is 43.0 Å². The number of anilines is 1. The minimum absolute atomic E-state index is 0.0186. The van der Waals surface area contributed by atoms with Gasteiger partial charge in [0.15, 0.2) is 0 Å². The van der Waals surface area contributed by atoms with E-state index >= 15 is 0 Å². The first kappa shape index (κ1) is 27.9. The minimum Gasteiger partial charge on any atom is -0.478 e. The molecule has 5 rings (SSSR count). The molecule has 2 amide bonds. The number of carboxylic acid groups (broad SMARTS) is 1. The molecular weight excluding hydrogens is 526 g/mol. The van der Waals surface area contributed by atoms with Gasteiger partial charge in [0.2, 0.25) is 11.8 Å². The molecule has 3 aromatic rings. The summed E-state index contributed by atoms with van der Waals surface area (Å²) in [7, 11) is 0. The van der Waals surface area contributed by atoms with Gasteiger partial charge < -0.3 is 15.3 Å². The highest BCUT2D eigenvalue weighted by Crippen LogP contribution is 2.35. The van der Waals surface area contributed by atoms with E-state index in [0.29, 0.717) is 25.9 Å². The summed E-state index contributed by atoms with van der Waals surface area (Å²) in [6.07, 6.45) is 3.01. The molecule has 3 aromatic carbocycles. The summed E-state index contributed by atoms with van der Waals surface area (Å²) in [5.74, 6) is -2.38. The van der Waals surface area contributed by atoms with Crippen LogP contribution in [-0.4, -0.2) is 58.9 Å². The molecular formula is C32H34ClN3O4. The lowest BCUT2D eigenvalue weighted by Gasteiger charge is -2.42. The highest BCUT2D eigenvalue weighted by atomic mass is 35.5. The molecule has 1 saturated heterocycles. The average molecular weight is 560 g/mol. The normalized spacial score (nSPS) is 19.8. The van der Waals surface area contributed by atoms with E-state index in [2.05, 4.69) is 58.7 Å². The molecule has 0 bridgehead atoms. The number of rotatable bonds is 7. The van der Waals surface area contributed by atoms with Gasteiger partial charge in [-0.05, 0) is 42.2 Å². The first-order valence-corrected chi connectivity index (χ1v) is 14.3. The molecule has 1 aliphatic carbocycles. The van der Waals surface area contributed by atoms with Crippen molar-refractivity contribution in [2.24, 2.45) is 11.8 Å². The number of hydrogen-bond donors (Lipinski definition) is 2. The first-order valence-electron chi connectivity index (χ1n) is 13.9. The largest absolute Gasteiger partial charge is 0.478 e. The van der Waals surface area contributed by atoms with E-state index in [1.54, 1.807) is 6.07 Å². The Bertz CT molecular complexity index is 1300. The van der Waals surface area contributed by atoms with E-state index in [1.165, 1.54) is 23.3 Å². The molecule has 8 heteroatoms. The molecule has 7 nitrogen and oxygen atoms in total. The topological polar surface area (TPSA) is 89.9 Å². The van der Waals surface area contributed by atoms with Crippen LogP contribution in [0, 0.1) is 11.8 Å². The van der Waals surface area contributed by atoms with E-state index in [0.717, 1.165) is 25.9 Å². The molecule has 2 aliphatic rings. The number of carbonyl (C=O) groups excluding carboxylic acids is 2. The molecule has 40 heavy (non-hydrogen) atoms. The van der Waals surface area contributed by atoms with Gasteiger partial charge in [0.1, 0.15) is 0 Å². The number of nitrogens with zero attached hydrogens (tertiary/aromatic N) is 2. The third-order valence-corrected chi connectivity index (χ3v) is 8.35. The fourth-order valence-electron chi connectivity index (χ4n) is 6.09. The van der Waals surface area contributed by atoms with Crippen molar-refractivity contribution in [3.63, 3.8) is 0 Å². The Morgan fingerprint density at radius 2 is 1.38 bits per heavy atom. The number of benzene rings is 3. The standard InChI is InChI=1S/C32H34ClN3O4/c33-24-15-16-28(27(21-24)32(39)40)34-30(37)25-13-7-8-14-26(25)31(38)36-19-17-35(18-20-36)29(22-9-3-1-4-10-22)23-11-5-2-6-12-23/h1-6,9-12,15-16,21,25-26,29H,7-8,13-14,17-20H2,(H,34,37)(H,39,40)/t25-,26+/m0/s1. The maximum absolute atomic E-state index is 13.8. The van der Waals surface area contributed by atoms with Crippen molar-refractivity contribution < 1.29 is 19.5 Å². The minimum atomic E-state index is -1.17. The van der Waals surface area contributed by atoms with E-state index in [4.69, 9.17) is 11.6 Å². The molecule has 2 atom stereocenters. The number of hydrogen-bond acceptors (Lipinski definition) is 4. The number of carboxylic acids is 1. The second-order valence-corrected chi connectivity index (χ2v) is 11.0. The molecule has 0 radical (unpaired) electrons. The van der Waals surface area contributed by atoms with Gasteiger partial charge in [-0.3, -0.25) is 14.5 Å². The number of piperazine rings is 1. The third kappa shape index (κ3) is 6.21. The molecule has 2 N–H and O–H groups in total. The number of aromatic carboxylic acids is 1. The second kappa shape index (κ2) is 12.7. The van der Waals surface area contributed by atoms with Gasteiger partial charge in [-0.1, -0.05) is 85.1 Å². The Morgan fingerprint density at radius 1 is 0.800 bits per heavy atom. The van der Waals surface area contributed by atoms with Crippen molar-refractivity contribution in [2.45, 2.75) is 31.7 Å². The zero-order valence-electron chi connectivity index (χ0n) is 22.3. The SMILES string of the molecule is O=C(O)c1cc(Cl)ccc1NC(=O)[C@H]1CCCC[C@H]1C(=O)N1CCN(C(c2ccccc2)c2ccccc2)CC1. The van der Waals surface area contributed by atoms with Gasteiger partial charge in [-0.25, -0.2) is 4.79 Å². The van der Waals surface area contributed by atoms with Crippen LogP contribution in [0.3, 0.4) is 0 Å². The fourth-order valence-corrected chi connectivity index (χ4v) is 6.26. The van der Waals surface area contributed by atoms with Gasteiger partial charge in [-0.15, -0.1) is 0 Å².